The van der Waals surface area contributed by atoms with E-state index < -0.39 is 11.8 Å². The van der Waals surface area contributed by atoms with Gasteiger partial charge in [0.25, 0.3) is 0 Å². The van der Waals surface area contributed by atoms with E-state index in [-0.39, 0.29) is 0 Å². The lowest BCUT2D eigenvalue weighted by molar-refractivity contribution is -0.702. The number of halogens is 2. The summed E-state index contributed by atoms with van der Waals surface area (Å²) in [5, 5.41) is 0. The molecule has 1 aromatic rings. The minimum atomic E-state index is -0.828. The van der Waals surface area contributed by atoms with Crippen LogP contribution in [0.1, 0.15) is 5.56 Å². The van der Waals surface area contributed by atoms with Crippen LogP contribution in [0.2, 0.25) is 0 Å². The highest BCUT2D eigenvalue weighted by Crippen LogP contribution is 2.01. The number of aryl methyl sites for hydroxylation is 2. The van der Waals surface area contributed by atoms with Crippen LogP contribution in [0, 0.1) is 18.7 Å². The van der Waals surface area contributed by atoms with Crippen molar-refractivity contribution in [2.24, 2.45) is 7.05 Å². The zero-order valence-electron chi connectivity index (χ0n) is 5.86. The summed E-state index contributed by atoms with van der Waals surface area (Å²) >= 11 is 0. The van der Waals surface area contributed by atoms with Crippen molar-refractivity contribution < 1.29 is 13.3 Å². The number of rotatable bonds is 0. The van der Waals surface area contributed by atoms with Gasteiger partial charge in [0.1, 0.15) is 7.05 Å². The van der Waals surface area contributed by atoms with Gasteiger partial charge in [0, 0.05) is 5.56 Å². The molecule has 0 aliphatic carbocycles. The molecule has 54 valence electrons. The van der Waals surface area contributed by atoms with Gasteiger partial charge >= 0.3 is 5.95 Å². The molecule has 0 aliphatic heterocycles. The molecule has 0 unspecified atom stereocenters. The fraction of sp³-hybridized carbons (Fsp3) is 0.286. The maximum Gasteiger partial charge on any atom is 0.395 e. The number of nitrogens with zero attached hydrogens (tertiary/aromatic N) is 1. The summed E-state index contributed by atoms with van der Waals surface area (Å²) < 4.78 is 26.1. The Morgan fingerprint density at radius 2 is 2.00 bits per heavy atom. The van der Waals surface area contributed by atoms with Crippen LogP contribution in [0.25, 0.3) is 0 Å². The van der Waals surface area contributed by atoms with Crippen molar-refractivity contribution in [2.75, 3.05) is 0 Å². The molecule has 0 aliphatic rings. The molecule has 1 aromatic heterocycles. The summed E-state index contributed by atoms with van der Waals surface area (Å²) in [5.41, 5.74) is 0.710. The fourth-order valence-corrected chi connectivity index (χ4v) is 0.827. The van der Waals surface area contributed by atoms with Gasteiger partial charge in [-0.15, -0.1) is 4.39 Å². The predicted octanol–water partition coefficient (Wildman–Crippen LogP) is 1.10. The number of hydrogen-bond donors (Lipinski definition) is 0. The third kappa shape index (κ3) is 1.12. The zero-order valence-corrected chi connectivity index (χ0v) is 5.86. The van der Waals surface area contributed by atoms with Crippen molar-refractivity contribution in [2.45, 2.75) is 6.92 Å². The first-order chi connectivity index (χ1) is 4.61. The molecule has 0 aromatic carbocycles. The second kappa shape index (κ2) is 2.33. The van der Waals surface area contributed by atoms with E-state index in [4.69, 9.17) is 0 Å². The van der Waals surface area contributed by atoms with E-state index in [0.717, 1.165) is 10.6 Å². The summed E-state index contributed by atoms with van der Waals surface area (Å²) in [6.45, 7) is 1.71. The molecule has 1 rings (SSSR count). The van der Waals surface area contributed by atoms with Gasteiger partial charge in [0.2, 0.25) is 5.82 Å². The maximum atomic E-state index is 12.5. The lowest BCUT2D eigenvalue weighted by Crippen LogP contribution is -2.34. The molecule has 0 atom stereocenters. The highest BCUT2D eigenvalue weighted by molar-refractivity contribution is 5.04. The van der Waals surface area contributed by atoms with Crippen molar-refractivity contribution >= 4 is 0 Å². The van der Waals surface area contributed by atoms with E-state index in [2.05, 4.69) is 0 Å². The lowest BCUT2D eigenvalue weighted by Gasteiger charge is -1.92. The number of pyridine rings is 1. The predicted molar refractivity (Wildman–Crippen MR) is 32.3 cm³/mol. The van der Waals surface area contributed by atoms with Gasteiger partial charge in [-0.2, -0.15) is 8.96 Å². The summed E-state index contributed by atoms with van der Waals surface area (Å²) in [4.78, 5) is 0. The standard InChI is InChI=1S/C7H8F2N/c1-5-3-6(8)7(9)10(2)4-5/h3-4H,1-2H3/q+1. The first-order valence-corrected chi connectivity index (χ1v) is 2.92. The van der Waals surface area contributed by atoms with E-state index in [9.17, 15) is 8.78 Å². The number of aromatic nitrogens is 1. The second-order valence-electron chi connectivity index (χ2n) is 2.27. The van der Waals surface area contributed by atoms with Gasteiger partial charge in [-0.3, -0.25) is 0 Å². The SMILES string of the molecule is Cc1cc(F)c(F)[n+](C)c1. The van der Waals surface area contributed by atoms with Crippen LogP contribution in [-0.4, -0.2) is 0 Å². The Labute approximate surface area is 57.9 Å². The van der Waals surface area contributed by atoms with Gasteiger partial charge in [0.15, 0.2) is 6.20 Å². The molecule has 0 bridgehead atoms. The zero-order chi connectivity index (χ0) is 7.72. The van der Waals surface area contributed by atoms with Crippen LogP contribution in [0.5, 0.6) is 0 Å². The van der Waals surface area contributed by atoms with Gasteiger partial charge in [-0.25, -0.2) is 0 Å². The third-order valence-corrected chi connectivity index (χ3v) is 1.26. The number of hydrogen-bond acceptors (Lipinski definition) is 0. The summed E-state index contributed by atoms with van der Waals surface area (Å²) in [5.74, 6) is -1.63. The fourth-order valence-electron chi connectivity index (χ4n) is 0.827. The summed E-state index contributed by atoms with van der Waals surface area (Å²) in [6, 6.07) is 1.16. The Kier molecular flexibility index (Phi) is 1.66. The van der Waals surface area contributed by atoms with E-state index in [1.807, 2.05) is 0 Å². The molecule has 0 saturated heterocycles. The normalized spacial score (nSPS) is 10.0. The van der Waals surface area contributed by atoms with Gasteiger partial charge in [-0.1, -0.05) is 0 Å². The Morgan fingerprint density at radius 3 is 2.50 bits per heavy atom. The first kappa shape index (κ1) is 7.12. The molecule has 1 heterocycles. The molecule has 0 saturated carbocycles. The van der Waals surface area contributed by atoms with Crippen LogP contribution >= 0.6 is 0 Å². The Balaban J connectivity index is 3.31. The average molecular weight is 144 g/mol. The molecular weight excluding hydrogens is 136 g/mol. The smallest absolute Gasteiger partial charge is 0.197 e. The Bertz CT molecular complexity index is 235. The van der Waals surface area contributed by atoms with E-state index in [1.54, 1.807) is 6.92 Å². The molecular formula is C7H8F2N+. The van der Waals surface area contributed by atoms with Crippen LogP contribution in [-0.2, 0) is 7.05 Å². The third-order valence-electron chi connectivity index (χ3n) is 1.26. The Hall–Kier alpha value is -0.990. The average Bonchev–Trinajstić information content (AvgIpc) is 1.82. The molecule has 0 fully saturated rings. The van der Waals surface area contributed by atoms with Crippen molar-refractivity contribution in [1.29, 1.82) is 0 Å². The summed E-state index contributed by atoms with van der Waals surface area (Å²) in [6.07, 6.45) is 1.53. The molecule has 10 heavy (non-hydrogen) atoms. The molecule has 3 heteroatoms. The van der Waals surface area contributed by atoms with Crippen LogP contribution in [0.4, 0.5) is 8.78 Å². The summed E-state index contributed by atoms with van der Waals surface area (Å²) in [7, 11) is 1.46. The Morgan fingerprint density at radius 1 is 1.40 bits per heavy atom. The first-order valence-electron chi connectivity index (χ1n) is 2.92. The minimum absolute atomic E-state index is 0.710. The lowest BCUT2D eigenvalue weighted by atomic mass is 10.3. The van der Waals surface area contributed by atoms with Crippen LogP contribution in [0.15, 0.2) is 12.3 Å². The van der Waals surface area contributed by atoms with Gasteiger partial charge < -0.3 is 0 Å². The maximum absolute atomic E-state index is 12.5. The monoisotopic (exact) mass is 144 g/mol. The quantitative estimate of drug-likeness (QED) is 0.379. The largest absolute Gasteiger partial charge is 0.395 e. The highest BCUT2D eigenvalue weighted by Gasteiger charge is 2.12. The highest BCUT2D eigenvalue weighted by atomic mass is 19.2. The second-order valence-corrected chi connectivity index (χ2v) is 2.27. The van der Waals surface area contributed by atoms with Crippen molar-refractivity contribution in [3.8, 4) is 0 Å². The van der Waals surface area contributed by atoms with E-state index >= 15 is 0 Å². The molecule has 0 spiro atoms. The van der Waals surface area contributed by atoms with Crippen molar-refractivity contribution in [3.05, 3.63) is 29.6 Å². The van der Waals surface area contributed by atoms with E-state index in [0.29, 0.717) is 5.56 Å². The molecule has 0 amide bonds. The van der Waals surface area contributed by atoms with Gasteiger partial charge in [0.05, 0.1) is 0 Å². The molecule has 0 radical (unpaired) electrons. The van der Waals surface area contributed by atoms with Crippen molar-refractivity contribution in [3.63, 3.8) is 0 Å². The topological polar surface area (TPSA) is 3.88 Å². The van der Waals surface area contributed by atoms with Crippen LogP contribution in [0.3, 0.4) is 0 Å². The van der Waals surface area contributed by atoms with Crippen molar-refractivity contribution in [1.82, 2.24) is 0 Å². The minimum Gasteiger partial charge on any atom is -0.197 e. The van der Waals surface area contributed by atoms with Crippen LogP contribution < -0.4 is 4.57 Å². The molecule has 1 nitrogen and oxygen atoms in total. The van der Waals surface area contributed by atoms with Gasteiger partial charge in [-0.05, 0) is 13.0 Å². The van der Waals surface area contributed by atoms with E-state index in [1.165, 1.54) is 13.2 Å². The molecule has 0 N–H and O–H groups in total.